The summed E-state index contributed by atoms with van der Waals surface area (Å²) in [6.45, 7) is 3.77. The molecule has 1 aliphatic rings. The molecule has 0 amide bonds. The quantitative estimate of drug-likeness (QED) is 0.823. The zero-order valence-electron chi connectivity index (χ0n) is 10.5. The Morgan fingerprint density at radius 1 is 1.56 bits per heavy atom. The SMILES string of the molecule is CCOC(=O)C1CCCCN1Cc1nnc(N)s1. The van der Waals surface area contributed by atoms with Gasteiger partial charge in [0.05, 0.1) is 13.2 Å². The molecule has 0 aromatic carbocycles. The highest BCUT2D eigenvalue weighted by molar-refractivity contribution is 7.15. The monoisotopic (exact) mass is 270 g/mol. The minimum Gasteiger partial charge on any atom is -0.465 e. The highest BCUT2D eigenvalue weighted by Crippen LogP contribution is 2.22. The van der Waals surface area contributed by atoms with Crippen molar-refractivity contribution >= 4 is 22.4 Å². The molecule has 100 valence electrons. The van der Waals surface area contributed by atoms with Gasteiger partial charge in [-0.3, -0.25) is 9.69 Å². The summed E-state index contributed by atoms with van der Waals surface area (Å²) >= 11 is 1.37. The number of nitrogens with two attached hydrogens (primary N) is 1. The lowest BCUT2D eigenvalue weighted by Gasteiger charge is -2.33. The number of esters is 1. The molecule has 1 aliphatic heterocycles. The third-order valence-electron chi connectivity index (χ3n) is 2.99. The van der Waals surface area contributed by atoms with Crippen LogP contribution in [-0.2, 0) is 16.1 Å². The van der Waals surface area contributed by atoms with Gasteiger partial charge in [0.1, 0.15) is 11.0 Å². The van der Waals surface area contributed by atoms with E-state index in [4.69, 9.17) is 10.5 Å². The fraction of sp³-hybridized carbons (Fsp3) is 0.727. The van der Waals surface area contributed by atoms with Gasteiger partial charge in [-0.1, -0.05) is 17.8 Å². The number of aromatic nitrogens is 2. The van der Waals surface area contributed by atoms with Gasteiger partial charge >= 0.3 is 5.97 Å². The van der Waals surface area contributed by atoms with Crippen LogP contribution in [0.15, 0.2) is 0 Å². The first kappa shape index (κ1) is 13.2. The number of ether oxygens (including phenoxy) is 1. The first-order valence-electron chi connectivity index (χ1n) is 6.19. The van der Waals surface area contributed by atoms with Crippen LogP contribution >= 0.6 is 11.3 Å². The topological polar surface area (TPSA) is 81.3 Å². The number of piperidine rings is 1. The van der Waals surface area contributed by atoms with Crippen molar-refractivity contribution in [2.75, 3.05) is 18.9 Å². The highest BCUT2D eigenvalue weighted by Gasteiger charge is 2.30. The molecule has 1 saturated heterocycles. The van der Waals surface area contributed by atoms with E-state index in [1.54, 1.807) is 0 Å². The van der Waals surface area contributed by atoms with E-state index < -0.39 is 0 Å². The van der Waals surface area contributed by atoms with Crippen LogP contribution in [0.1, 0.15) is 31.2 Å². The van der Waals surface area contributed by atoms with Gasteiger partial charge in [-0.15, -0.1) is 10.2 Å². The van der Waals surface area contributed by atoms with Gasteiger partial charge in [0.25, 0.3) is 0 Å². The zero-order chi connectivity index (χ0) is 13.0. The summed E-state index contributed by atoms with van der Waals surface area (Å²) < 4.78 is 5.12. The molecule has 0 saturated carbocycles. The molecule has 0 aliphatic carbocycles. The Morgan fingerprint density at radius 2 is 2.39 bits per heavy atom. The molecule has 18 heavy (non-hydrogen) atoms. The normalized spacial score (nSPS) is 20.8. The maximum absolute atomic E-state index is 11.9. The number of carbonyl (C=O) groups is 1. The van der Waals surface area contributed by atoms with Crippen LogP contribution in [0.3, 0.4) is 0 Å². The molecule has 0 spiro atoms. The number of anilines is 1. The Balaban J connectivity index is 2.01. The van der Waals surface area contributed by atoms with Crippen LogP contribution in [0, 0.1) is 0 Å². The Labute approximate surface area is 110 Å². The predicted molar refractivity (Wildman–Crippen MR) is 69.0 cm³/mol. The van der Waals surface area contributed by atoms with Crippen molar-refractivity contribution in [1.29, 1.82) is 0 Å². The maximum Gasteiger partial charge on any atom is 0.323 e. The van der Waals surface area contributed by atoms with E-state index >= 15 is 0 Å². The summed E-state index contributed by atoms with van der Waals surface area (Å²) in [5, 5.41) is 9.11. The minimum atomic E-state index is -0.149. The molecule has 1 atom stereocenters. The molecule has 1 aromatic heterocycles. The van der Waals surface area contributed by atoms with Crippen LogP contribution in [0.4, 0.5) is 5.13 Å². The Morgan fingerprint density at radius 3 is 3.06 bits per heavy atom. The maximum atomic E-state index is 11.9. The molecule has 1 unspecified atom stereocenters. The first-order valence-corrected chi connectivity index (χ1v) is 7.01. The fourth-order valence-corrected chi connectivity index (χ4v) is 2.82. The van der Waals surface area contributed by atoms with Gasteiger partial charge in [-0.2, -0.15) is 0 Å². The summed E-state index contributed by atoms with van der Waals surface area (Å²) in [5.41, 5.74) is 5.56. The molecule has 2 rings (SSSR count). The second kappa shape index (κ2) is 6.10. The summed E-state index contributed by atoms with van der Waals surface area (Å²) in [4.78, 5) is 14.0. The summed E-state index contributed by atoms with van der Waals surface area (Å²) in [5.74, 6) is -0.130. The van der Waals surface area contributed by atoms with Crippen molar-refractivity contribution in [2.24, 2.45) is 0 Å². The largest absolute Gasteiger partial charge is 0.465 e. The summed E-state index contributed by atoms with van der Waals surface area (Å²) in [7, 11) is 0. The number of hydrogen-bond acceptors (Lipinski definition) is 7. The predicted octanol–water partition coefficient (Wildman–Crippen LogP) is 1.04. The van der Waals surface area contributed by atoms with Crippen molar-refractivity contribution in [2.45, 2.75) is 38.8 Å². The van der Waals surface area contributed by atoms with E-state index in [0.717, 1.165) is 30.8 Å². The second-order valence-corrected chi connectivity index (χ2v) is 5.36. The number of rotatable bonds is 4. The lowest BCUT2D eigenvalue weighted by atomic mass is 10.0. The first-order chi connectivity index (χ1) is 8.70. The average molecular weight is 270 g/mol. The van der Waals surface area contributed by atoms with Gasteiger partial charge in [-0.05, 0) is 26.3 Å². The van der Waals surface area contributed by atoms with Crippen LogP contribution in [0.2, 0.25) is 0 Å². The fourth-order valence-electron chi connectivity index (χ4n) is 2.19. The van der Waals surface area contributed by atoms with Crippen LogP contribution in [0.5, 0.6) is 0 Å². The van der Waals surface area contributed by atoms with E-state index in [-0.39, 0.29) is 12.0 Å². The second-order valence-electron chi connectivity index (χ2n) is 4.27. The molecule has 1 aromatic rings. The van der Waals surface area contributed by atoms with Crippen molar-refractivity contribution < 1.29 is 9.53 Å². The summed E-state index contributed by atoms with van der Waals surface area (Å²) in [6.07, 6.45) is 3.02. The molecule has 2 heterocycles. The number of hydrogen-bond donors (Lipinski definition) is 1. The molecule has 0 bridgehead atoms. The molecular formula is C11H18N4O2S. The lowest BCUT2D eigenvalue weighted by Crippen LogP contribution is -2.44. The van der Waals surface area contributed by atoms with Crippen LogP contribution < -0.4 is 5.73 Å². The number of likely N-dealkylation sites (tertiary alicyclic amines) is 1. The average Bonchev–Trinajstić information content (AvgIpc) is 2.76. The van der Waals surface area contributed by atoms with E-state index in [2.05, 4.69) is 15.1 Å². The Kier molecular flexibility index (Phi) is 4.48. The van der Waals surface area contributed by atoms with E-state index in [0.29, 0.717) is 18.3 Å². The van der Waals surface area contributed by atoms with Crippen LogP contribution in [0.25, 0.3) is 0 Å². The number of nitrogens with zero attached hydrogens (tertiary/aromatic N) is 3. The van der Waals surface area contributed by atoms with Crippen LogP contribution in [-0.4, -0.2) is 40.3 Å². The van der Waals surface area contributed by atoms with Gasteiger partial charge in [0, 0.05) is 0 Å². The van der Waals surface area contributed by atoms with Crippen molar-refractivity contribution in [3.8, 4) is 0 Å². The molecule has 1 fully saturated rings. The molecule has 0 radical (unpaired) electrons. The van der Waals surface area contributed by atoms with Gasteiger partial charge < -0.3 is 10.5 Å². The zero-order valence-corrected chi connectivity index (χ0v) is 11.3. The van der Waals surface area contributed by atoms with E-state index in [9.17, 15) is 4.79 Å². The summed E-state index contributed by atoms with van der Waals surface area (Å²) in [6, 6.07) is -0.149. The van der Waals surface area contributed by atoms with Gasteiger partial charge in [-0.25, -0.2) is 0 Å². The number of carbonyl (C=O) groups excluding carboxylic acids is 1. The lowest BCUT2D eigenvalue weighted by molar-refractivity contribution is -0.151. The standard InChI is InChI=1S/C11H18N4O2S/c1-2-17-10(16)8-5-3-4-6-15(8)7-9-13-14-11(12)18-9/h8H,2-7H2,1H3,(H2,12,14). The minimum absolute atomic E-state index is 0.130. The number of nitrogen functional groups attached to an aromatic ring is 1. The van der Waals surface area contributed by atoms with Crippen molar-refractivity contribution in [3.63, 3.8) is 0 Å². The Hall–Kier alpha value is -1.21. The van der Waals surface area contributed by atoms with Gasteiger partial charge in [0.15, 0.2) is 0 Å². The third-order valence-corrected chi connectivity index (χ3v) is 3.73. The highest BCUT2D eigenvalue weighted by atomic mass is 32.1. The van der Waals surface area contributed by atoms with E-state index in [1.807, 2.05) is 6.92 Å². The van der Waals surface area contributed by atoms with E-state index in [1.165, 1.54) is 11.3 Å². The van der Waals surface area contributed by atoms with Crippen molar-refractivity contribution in [1.82, 2.24) is 15.1 Å². The van der Waals surface area contributed by atoms with Gasteiger partial charge in [0.2, 0.25) is 5.13 Å². The van der Waals surface area contributed by atoms with Crippen molar-refractivity contribution in [3.05, 3.63) is 5.01 Å². The third kappa shape index (κ3) is 3.17. The Bertz CT molecular complexity index is 410. The molecule has 2 N–H and O–H groups in total. The molecule has 7 heteroatoms. The molecule has 6 nitrogen and oxygen atoms in total. The molecular weight excluding hydrogens is 252 g/mol. The smallest absolute Gasteiger partial charge is 0.323 e.